The van der Waals surface area contributed by atoms with Crippen LogP contribution in [0, 0.1) is 0 Å². The first-order valence-corrected chi connectivity index (χ1v) is 3.76. The van der Waals surface area contributed by atoms with Gasteiger partial charge in [0.2, 0.25) is 0 Å². The maximum Gasteiger partial charge on any atom is 0.433 e. The van der Waals surface area contributed by atoms with Gasteiger partial charge in [0.05, 0.1) is 13.2 Å². The van der Waals surface area contributed by atoms with Gasteiger partial charge in [0.1, 0.15) is 12.0 Å². The Labute approximate surface area is 72.8 Å². The van der Waals surface area contributed by atoms with Crippen LogP contribution in [0.15, 0.2) is 12.0 Å². The Morgan fingerprint density at radius 2 is 1.77 bits per heavy atom. The van der Waals surface area contributed by atoms with Gasteiger partial charge in [-0.1, -0.05) is 0 Å². The molecule has 0 aromatic heterocycles. The zero-order chi connectivity index (χ0) is 9.90. The maximum absolute atomic E-state index is 12.1. The van der Waals surface area contributed by atoms with Gasteiger partial charge in [0.25, 0.3) is 0 Å². The van der Waals surface area contributed by atoms with Crippen LogP contribution in [0.25, 0.3) is 0 Å². The Morgan fingerprint density at radius 1 is 1.23 bits per heavy atom. The Hall–Kier alpha value is -0.780. The molecule has 76 valence electrons. The Morgan fingerprint density at radius 3 is 2.15 bits per heavy atom. The van der Waals surface area contributed by atoms with E-state index in [-0.39, 0.29) is 26.3 Å². The molecule has 6 heteroatoms. The number of ether oxygens (including phenoxy) is 1. The van der Waals surface area contributed by atoms with Gasteiger partial charge in [-0.05, 0) is 0 Å². The van der Waals surface area contributed by atoms with Crippen LogP contribution in [0.2, 0.25) is 0 Å². The van der Waals surface area contributed by atoms with Crippen molar-refractivity contribution in [3.05, 3.63) is 12.0 Å². The van der Waals surface area contributed by atoms with E-state index in [0.29, 0.717) is 0 Å². The molecular formula is C7H9F4NO. The number of hydrogen-bond acceptors (Lipinski definition) is 2. The molecule has 1 saturated heterocycles. The Balaban J connectivity index is 2.66. The highest BCUT2D eigenvalue weighted by Crippen LogP contribution is 2.28. The van der Waals surface area contributed by atoms with E-state index in [9.17, 15) is 17.6 Å². The Kier molecular flexibility index (Phi) is 3.13. The second kappa shape index (κ2) is 3.95. The van der Waals surface area contributed by atoms with E-state index in [1.54, 1.807) is 0 Å². The summed E-state index contributed by atoms with van der Waals surface area (Å²) in [6.45, 7) is 0.561. The van der Waals surface area contributed by atoms with E-state index in [4.69, 9.17) is 4.74 Å². The highest BCUT2D eigenvalue weighted by Gasteiger charge is 2.38. The molecule has 0 aromatic carbocycles. The zero-order valence-corrected chi connectivity index (χ0v) is 6.77. The van der Waals surface area contributed by atoms with Gasteiger partial charge in [-0.2, -0.15) is 13.2 Å². The summed E-state index contributed by atoms with van der Waals surface area (Å²) in [5.74, 6) is 0. The molecule has 0 aliphatic carbocycles. The smallest absolute Gasteiger partial charge is 0.378 e. The first-order chi connectivity index (χ1) is 6.05. The van der Waals surface area contributed by atoms with Gasteiger partial charge in [-0.3, -0.25) is 0 Å². The van der Waals surface area contributed by atoms with Crippen molar-refractivity contribution in [3.63, 3.8) is 0 Å². The molecular weight excluding hydrogens is 190 g/mol. The van der Waals surface area contributed by atoms with Crippen molar-refractivity contribution in [2.24, 2.45) is 0 Å². The highest BCUT2D eigenvalue weighted by atomic mass is 19.4. The van der Waals surface area contributed by atoms with Crippen molar-refractivity contribution in [2.45, 2.75) is 6.18 Å². The van der Waals surface area contributed by atoms with Crippen molar-refractivity contribution in [1.82, 2.24) is 4.90 Å². The summed E-state index contributed by atoms with van der Waals surface area (Å²) in [5.41, 5.74) is -1.23. The van der Waals surface area contributed by atoms with E-state index in [2.05, 4.69) is 0 Å². The van der Waals surface area contributed by atoms with E-state index < -0.39 is 18.2 Å². The van der Waals surface area contributed by atoms with Crippen LogP contribution in [-0.4, -0.2) is 37.4 Å². The zero-order valence-electron chi connectivity index (χ0n) is 6.77. The van der Waals surface area contributed by atoms with Crippen LogP contribution in [0.4, 0.5) is 17.6 Å². The second-order valence-electron chi connectivity index (χ2n) is 2.59. The lowest BCUT2D eigenvalue weighted by Gasteiger charge is -2.30. The fourth-order valence-corrected chi connectivity index (χ4v) is 1.11. The normalized spacial score (nSPS) is 20.6. The van der Waals surface area contributed by atoms with Gasteiger partial charge in [0, 0.05) is 13.1 Å². The average Bonchev–Trinajstić information content (AvgIpc) is 2.05. The molecule has 0 amide bonds. The van der Waals surface area contributed by atoms with Gasteiger partial charge < -0.3 is 9.64 Å². The third-order valence-electron chi connectivity index (χ3n) is 1.75. The molecule has 0 bridgehead atoms. The number of nitrogens with zero attached hydrogens (tertiary/aromatic N) is 1. The standard InChI is InChI=1S/C7H9F4NO/c8-5-6(7(9,10)11)12-1-3-13-4-2-12/h5H,1-4H2/b6-5+. The van der Waals surface area contributed by atoms with E-state index >= 15 is 0 Å². The SMILES string of the molecule is F/C=C(/N1CCOCC1)C(F)(F)F. The number of rotatable bonds is 1. The fourth-order valence-electron chi connectivity index (χ4n) is 1.11. The summed E-state index contributed by atoms with van der Waals surface area (Å²) in [4.78, 5) is 0.934. The lowest BCUT2D eigenvalue weighted by atomic mass is 10.3. The van der Waals surface area contributed by atoms with Gasteiger partial charge in [-0.25, -0.2) is 4.39 Å². The van der Waals surface area contributed by atoms with Crippen LogP contribution in [0.3, 0.4) is 0 Å². The van der Waals surface area contributed by atoms with Crippen LogP contribution in [0.1, 0.15) is 0 Å². The summed E-state index contributed by atoms with van der Waals surface area (Å²) in [6.07, 6.45) is -5.02. The molecule has 13 heavy (non-hydrogen) atoms. The minimum atomic E-state index is -4.62. The largest absolute Gasteiger partial charge is 0.433 e. The summed E-state index contributed by atoms with van der Waals surface area (Å²) in [7, 11) is 0. The quantitative estimate of drug-likeness (QED) is 0.596. The molecule has 0 atom stereocenters. The number of allylic oxidation sites excluding steroid dienone is 1. The summed E-state index contributed by atoms with van der Waals surface area (Å²) < 4.78 is 53.2. The first kappa shape index (κ1) is 10.3. The van der Waals surface area contributed by atoms with Gasteiger partial charge in [0.15, 0.2) is 0 Å². The maximum atomic E-state index is 12.1. The molecule has 0 N–H and O–H groups in total. The molecule has 1 rings (SSSR count). The number of hydrogen-bond donors (Lipinski definition) is 0. The third kappa shape index (κ3) is 2.58. The molecule has 1 aliphatic rings. The molecule has 1 aliphatic heterocycles. The van der Waals surface area contributed by atoms with E-state index in [0.717, 1.165) is 4.90 Å². The monoisotopic (exact) mass is 199 g/mol. The van der Waals surface area contributed by atoms with Crippen LogP contribution >= 0.6 is 0 Å². The van der Waals surface area contributed by atoms with Crippen molar-refractivity contribution in [2.75, 3.05) is 26.3 Å². The predicted octanol–water partition coefficient (Wildman–Crippen LogP) is 1.69. The van der Waals surface area contributed by atoms with Crippen molar-refractivity contribution >= 4 is 0 Å². The first-order valence-electron chi connectivity index (χ1n) is 3.76. The van der Waals surface area contributed by atoms with Crippen molar-refractivity contribution in [3.8, 4) is 0 Å². The van der Waals surface area contributed by atoms with Crippen molar-refractivity contribution in [1.29, 1.82) is 0 Å². The number of alkyl halides is 3. The molecule has 0 aromatic rings. The molecule has 0 radical (unpaired) electrons. The van der Waals surface area contributed by atoms with Crippen LogP contribution < -0.4 is 0 Å². The second-order valence-corrected chi connectivity index (χ2v) is 2.59. The third-order valence-corrected chi connectivity index (χ3v) is 1.75. The summed E-state index contributed by atoms with van der Waals surface area (Å²) in [5, 5.41) is 0. The fraction of sp³-hybridized carbons (Fsp3) is 0.714. The van der Waals surface area contributed by atoms with Gasteiger partial charge >= 0.3 is 6.18 Å². The molecule has 1 fully saturated rings. The summed E-state index contributed by atoms with van der Waals surface area (Å²) in [6, 6.07) is 0. The molecule has 0 saturated carbocycles. The van der Waals surface area contributed by atoms with Gasteiger partial charge in [-0.15, -0.1) is 0 Å². The average molecular weight is 199 g/mol. The molecule has 2 nitrogen and oxygen atoms in total. The Bertz CT molecular complexity index is 195. The number of morpholine rings is 1. The highest BCUT2D eigenvalue weighted by molar-refractivity contribution is 5.05. The van der Waals surface area contributed by atoms with Crippen molar-refractivity contribution < 1.29 is 22.3 Å². The summed E-state index contributed by atoms with van der Waals surface area (Å²) >= 11 is 0. The lowest BCUT2D eigenvalue weighted by molar-refractivity contribution is -0.119. The van der Waals surface area contributed by atoms with E-state index in [1.807, 2.05) is 0 Å². The minimum Gasteiger partial charge on any atom is -0.378 e. The van der Waals surface area contributed by atoms with E-state index in [1.165, 1.54) is 0 Å². The molecule has 0 spiro atoms. The van der Waals surface area contributed by atoms with Crippen LogP contribution in [0.5, 0.6) is 0 Å². The topological polar surface area (TPSA) is 12.5 Å². The molecule has 0 unspecified atom stereocenters. The molecule has 1 heterocycles. The predicted molar refractivity (Wildman–Crippen MR) is 37.6 cm³/mol. The minimum absolute atomic E-state index is 0.0786. The lowest BCUT2D eigenvalue weighted by Crippen LogP contribution is -2.40. The van der Waals surface area contributed by atoms with Crippen LogP contribution in [-0.2, 0) is 4.74 Å². The number of halogens is 4.